The first-order valence-corrected chi connectivity index (χ1v) is 6.19. The third kappa shape index (κ3) is 2.73. The van der Waals surface area contributed by atoms with Crippen LogP contribution in [0.2, 0.25) is 0 Å². The Hall–Kier alpha value is -1.75. The Labute approximate surface area is 106 Å². The standard InChI is InChI=1S/C13H17N3O2/c1-2-11-13(18)16(12(17)9-15-11)7-5-10-4-3-6-14-8-10/h3-4,6,8,11,15H,2,5,7,9H2,1H3. The monoisotopic (exact) mass is 247 g/mol. The summed E-state index contributed by atoms with van der Waals surface area (Å²) in [6, 6.07) is 3.57. The van der Waals surface area contributed by atoms with Crippen LogP contribution in [-0.4, -0.2) is 40.8 Å². The van der Waals surface area contributed by atoms with Crippen molar-refractivity contribution in [2.75, 3.05) is 13.1 Å². The lowest BCUT2D eigenvalue weighted by atomic mass is 10.1. The van der Waals surface area contributed by atoms with E-state index in [1.54, 1.807) is 12.4 Å². The number of nitrogens with zero attached hydrogens (tertiary/aromatic N) is 2. The SMILES string of the molecule is CCC1NCC(=O)N(CCc2cccnc2)C1=O. The lowest BCUT2D eigenvalue weighted by Gasteiger charge is -2.31. The van der Waals surface area contributed by atoms with Crippen molar-refractivity contribution in [3.63, 3.8) is 0 Å². The summed E-state index contributed by atoms with van der Waals surface area (Å²) >= 11 is 0. The molecule has 96 valence electrons. The predicted molar refractivity (Wildman–Crippen MR) is 66.7 cm³/mol. The van der Waals surface area contributed by atoms with Crippen LogP contribution in [0, 0.1) is 0 Å². The quantitative estimate of drug-likeness (QED) is 0.780. The lowest BCUT2D eigenvalue weighted by molar-refractivity contribution is -0.149. The molecule has 5 nitrogen and oxygen atoms in total. The molecule has 1 aliphatic rings. The number of piperazine rings is 1. The highest BCUT2D eigenvalue weighted by atomic mass is 16.2. The predicted octanol–water partition coefficient (Wildman–Crippen LogP) is 0.361. The fraction of sp³-hybridized carbons (Fsp3) is 0.462. The number of aromatic nitrogens is 1. The van der Waals surface area contributed by atoms with Crippen molar-refractivity contribution in [1.82, 2.24) is 15.2 Å². The summed E-state index contributed by atoms with van der Waals surface area (Å²) < 4.78 is 0. The molecule has 1 unspecified atom stereocenters. The number of rotatable bonds is 4. The average Bonchev–Trinajstić information content (AvgIpc) is 2.40. The van der Waals surface area contributed by atoms with E-state index in [2.05, 4.69) is 10.3 Å². The van der Waals surface area contributed by atoms with Gasteiger partial charge in [-0.2, -0.15) is 0 Å². The van der Waals surface area contributed by atoms with Crippen molar-refractivity contribution in [1.29, 1.82) is 0 Å². The summed E-state index contributed by atoms with van der Waals surface area (Å²) in [4.78, 5) is 29.1. The molecule has 0 spiro atoms. The van der Waals surface area contributed by atoms with Crippen molar-refractivity contribution in [3.8, 4) is 0 Å². The van der Waals surface area contributed by atoms with Gasteiger partial charge in [-0.25, -0.2) is 0 Å². The highest BCUT2D eigenvalue weighted by molar-refractivity contribution is 6.01. The average molecular weight is 247 g/mol. The van der Waals surface area contributed by atoms with Gasteiger partial charge in [-0.1, -0.05) is 13.0 Å². The number of pyridine rings is 1. The Morgan fingerprint density at radius 3 is 3.00 bits per heavy atom. The highest BCUT2D eigenvalue weighted by Crippen LogP contribution is 2.08. The van der Waals surface area contributed by atoms with Crippen LogP contribution in [0.5, 0.6) is 0 Å². The normalized spacial score (nSPS) is 20.3. The fourth-order valence-corrected chi connectivity index (χ4v) is 2.05. The molecule has 2 amide bonds. The van der Waals surface area contributed by atoms with Crippen molar-refractivity contribution in [2.24, 2.45) is 0 Å². The number of nitrogens with one attached hydrogen (secondary N) is 1. The minimum atomic E-state index is -0.225. The van der Waals surface area contributed by atoms with Gasteiger partial charge < -0.3 is 0 Å². The van der Waals surface area contributed by atoms with E-state index in [4.69, 9.17) is 0 Å². The highest BCUT2D eigenvalue weighted by Gasteiger charge is 2.32. The number of carbonyl (C=O) groups is 2. The van der Waals surface area contributed by atoms with E-state index in [-0.39, 0.29) is 24.4 Å². The maximum Gasteiger partial charge on any atom is 0.246 e. The topological polar surface area (TPSA) is 62.3 Å². The van der Waals surface area contributed by atoms with Crippen molar-refractivity contribution in [3.05, 3.63) is 30.1 Å². The molecule has 0 aliphatic carbocycles. The summed E-state index contributed by atoms with van der Waals surface area (Å²) in [5.74, 6) is -0.258. The van der Waals surface area contributed by atoms with Gasteiger partial charge in [-0.15, -0.1) is 0 Å². The maximum atomic E-state index is 12.0. The third-order valence-electron chi connectivity index (χ3n) is 3.12. The van der Waals surface area contributed by atoms with Gasteiger partial charge in [0.1, 0.15) is 0 Å². The van der Waals surface area contributed by atoms with E-state index in [1.807, 2.05) is 19.1 Å². The van der Waals surface area contributed by atoms with E-state index in [1.165, 1.54) is 4.90 Å². The lowest BCUT2D eigenvalue weighted by Crippen LogP contribution is -2.58. The van der Waals surface area contributed by atoms with Crippen LogP contribution in [0.3, 0.4) is 0 Å². The zero-order valence-electron chi connectivity index (χ0n) is 10.4. The first-order valence-electron chi connectivity index (χ1n) is 6.19. The number of hydrogen-bond donors (Lipinski definition) is 1. The van der Waals surface area contributed by atoms with Crippen LogP contribution in [0.4, 0.5) is 0 Å². The molecular formula is C13H17N3O2. The molecule has 0 aromatic carbocycles. The molecule has 0 radical (unpaired) electrons. The number of carbonyl (C=O) groups excluding carboxylic acids is 2. The molecule has 1 saturated heterocycles. The second kappa shape index (κ2) is 5.73. The Morgan fingerprint density at radius 2 is 2.33 bits per heavy atom. The van der Waals surface area contributed by atoms with Gasteiger partial charge in [0.25, 0.3) is 0 Å². The molecule has 0 bridgehead atoms. The summed E-state index contributed by atoms with van der Waals surface area (Å²) in [5.41, 5.74) is 1.03. The molecule has 5 heteroatoms. The Morgan fingerprint density at radius 1 is 1.50 bits per heavy atom. The minimum absolute atomic E-state index is 0.113. The summed E-state index contributed by atoms with van der Waals surface area (Å²) in [6.07, 6.45) is 4.82. The van der Waals surface area contributed by atoms with Gasteiger partial charge in [0, 0.05) is 18.9 Å². The first-order chi connectivity index (χ1) is 8.72. The molecule has 1 fully saturated rings. The fourth-order valence-electron chi connectivity index (χ4n) is 2.05. The Bertz CT molecular complexity index is 433. The van der Waals surface area contributed by atoms with E-state index < -0.39 is 0 Å². The number of amides is 2. The molecule has 1 aromatic rings. The number of hydrogen-bond acceptors (Lipinski definition) is 4. The van der Waals surface area contributed by atoms with Crippen LogP contribution in [0.25, 0.3) is 0 Å². The van der Waals surface area contributed by atoms with E-state index >= 15 is 0 Å². The Kier molecular flexibility index (Phi) is 4.04. The van der Waals surface area contributed by atoms with Gasteiger partial charge >= 0.3 is 0 Å². The van der Waals surface area contributed by atoms with Crippen molar-refractivity contribution in [2.45, 2.75) is 25.8 Å². The van der Waals surface area contributed by atoms with Crippen LogP contribution in [-0.2, 0) is 16.0 Å². The van der Waals surface area contributed by atoms with E-state index in [9.17, 15) is 9.59 Å². The zero-order chi connectivity index (χ0) is 13.0. The smallest absolute Gasteiger partial charge is 0.246 e. The molecule has 1 N–H and O–H groups in total. The minimum Gasteiger partial charge on any atom is -0.297 e. The molecule has 0 saturated carbocycles. The van der Waals surface area contributed by atoms with Crippen LogP contribution < -0.4 is 5.32 Å². The molecule has 1 aliphatic heterocycles. The first kappa shape index (κ1) is 12.7. The van der Waals surface area contributed by atoms with Gasteiger partial charge in [0.15, 0.2) is 0 Å². The van der Waals surface area contributed by atoms with Crippen molar-refractivity contribution < 1.29 is 9.59 Å². The second-order valence-corrected chi connectivity index (χ2v) is 4.34. The van der Waals surface area contributed by atoms with Crippen LogP contribution in [0.1, 0.15) is 18.9 Å². The third-order valence-corrected chi connectivity index (χ3v) is 3.12. The van der Waals surface area contributed by atoms with Gasteiger partial charge in [0.2, 0.25) is 11.8 Å². The largest absolute Gasteiger partial charge is 0.297 e. The maximum absolute atomic E-state index is 12.0. The van der Waals surface area contributed by atoms with Gasteiger partial charge in [-0.3, -0.25) is 24.8 Å². The zero-order valence-corrected chi connectivity index (χ0v) is 10.4. The van der Waals surface area contributed by atoms with Gasteiger partial charge in [-0.05, 0) is 24.5 Å². The number of imide groups is 1. The summed E-state index contributed by atoms with van der Waals surface area (Å²) in [7, 11) is 0. The molecular weight excluding hydrogens is 230 g/mol. The molecule has 18 heavy (non-hydrogen) atoms. The molecule has 1 atom stereocenters. The summed E-state index contributed by atoms with van der Waals surface area (Å²) in [5, 5.41) is 2.94. The molecule has 1 aromatic heterocycles. The van der Waals surface area contributed by atoms with Gasteiger partial charge in [0.05, 0.1) is 12.6 Å². The van der Waals surface area contributed by atoms with E-state index in [0.29, 0.717) is 19.4 Å². The van der Waals surface area contributed by atoms with Crippen LogP contribution in [0.15, 0.2) is 24.5 Å². The van der Waals surface area contributed by atoms with E-state index in [0.717, 1.165) is 5.56 Å². The van der Waals surface area contributed by atoms with Crippen LogP contribution >= 0.6 is 0 Å². The Balaban J connectivity index is 1.98. The molecule has 2 heterocycles. The van der Waals surface area contributed by atoms with Crippen molar-refractivity contribution >= 4 is 11.8 Å². The summed E-state index contributed by atoms with van der Waals surface area (Å²) in [6.45, 7) is 2.61. The molecule has 2 rings (SSSR count). The second-order valence-electron chi connectivity index (χ2n) is 4.34.